The van der Waals surface area contributed by atoms with Gasteiger partial charge in [-0.2, -0.15) is 0 Å². The van der Waals surface area contributed by atoms with Gasteiger partial charge in [0.2, 0.25) is 11.0 Å². The molecule has 0 saturated carbocycles. The molecule has 1 aromatic heterocycles. The van der Waals surface area contributed by atoms with Crippen molar-refractivity contribution in [2.24, 2.45) is 5.92 Å². The zero-order valence-electron chi connectivity index (χ0n) is 13.7. The van der Waals surface area contributed by atoms with Gasteiger partial charge < -0.3 is 10.2 Å². The van der Waals surface area contributed by atoms with E-state index in [1.807, 2.05) is 24.3 Å². The second-order valence-corrected chi connectivity index (χ2v) is 7.57. The molecule has 0 bridgehead atoms. The number of carbonyl (C=O) groups excluding carboxylic acids is 1. The normalized spacial score (nSPS) is 15.5. The van der Waals surface area contributed by atoms with Crippen LogP contribution in [-0.2, 0) is 11.2 Å². The van der Waals surface area contributed by atoms with Gasteiger partial charge in [-0.1, -0.05) is 35.1 Å². The van der Waals surface area contributed by atoms with Gasteiger partial charge in [-0.15, -0.1) is 10.2 Å². The standard InChI is InChI=1S/C17H21ClN4OS/c1-19-15(23)10-13-6-8-22(9-7-13)17-21-20-16(24-17)11-12-2-4-14(18)5-3-12/h2-5,13H,6-11H2,1H3,(H,19,23). The van der Waals surface area contributed by atoms with Crippen LogP contribution in [0, 0.1) is 5.92 Å². The maximum Gasteiger partial charge on any atom is 0.220 e. The van der Waals surface area contributed by atoms with E-state index in [4.69, 9.17) is 11.6 Å². The molecule has 0 spiro atoms. The van der Waals surface area contributed by atoms with Crippen molar-refractivity contribution in [1.29, 1.82) is 0 Å². The highest BCUT2D eigenvalue weighted by Gasteiger charge is 2.23. The van der Waals surface area contributed by atoms with Crippen LogP contribution in [0.1, 0.15) is 29.8 Å². The molecule has 1 aliphatic rings. The lowest BCUT2D eigenvalue weighted by molar-refractivity contribution is -0.121. The van der Waals surface area contributed by atoms with Gasteiger partial charge in [-0.3, -0.25) is 4.79 Å². The summed E-state index contributed by atoms with van der Waals surface area (Å²) in [6.07, 6.45) is 3.46. The summed E-state index contributed by atoms with van der Waals surface area (Å²) in [5, 5.41) is 14.1. The van der Waals surface area contributed by atoms with Gasteiger partial charge in [-0.05, 0) is 36.5 Å². The molecule has 0 unspecified atom stereocenters. The van der Waals surface area contributed by atoms with Crippen LogP contribution >= 0.6 is 22.9 Å². The van der Waals surface area contributed by atoms with Crippen molar-refractivity contribution >= 4 is 34.0 Å². The quantitative estimate of drug-likeness (QED) is 0.885. The van der Waals surface area contributed by atoms with Gasteiger partial charge in [0, 0.05) is 38.0 Å². The molecule has 1 N–H and O–H groups in total. The van der Waals surface area contributed by atoms with E-state index in [2.05, 4.69) is 20.4 Å². The summed E-state index contributed by atoms with van der Waals surface area (Å²) >= 11 is 7.57. The third kappa shape index (κ3) is 4.45. The number of carbonyl (C=O) groups is 1. The highest BCUT2D eigenvalue weighted by molar-refractivity contribution is 7.15. The largest absolute Gasteiger partial charge is 0.359 e. The minimum Gasteiger partial charge on any atom is -0.359 e. The first-order chi connectivity index (χ1) is 11.6. The molecular formula is C17H21ClN4OS. The Labute approximate surface area is 151 Å². The third-order valence-electron chi connectivity index (χ3n) is 4.36. The second kappa shape index (κ2) is 7.94. The summed E-state index contributed by atoms with van der Waals surface area (Å²) in [6.45, 7) is 1.88. The lowest BCUT2D eigenvalue weighted by Gasteiger charge is -2.31. The highest BCUT2D eigenvalue weighted by atomic mass is 35.5. The zero-order chi connectivity index (χ0) is 16.9. The number of nitrogens with one attached hydrogen (secondary N) is 1. The maximum absolute atomic E-state index is 11.5. The van der Waals surface area contributed by atoms with Crippen LogP contribution in [0.15, 0.2) is 24.3 Å². The Bertz CT molecular complexity index is 680. The van der Waals surface area contributed by atoms with E-state index < -0.39 is 0 Å². The fraction of sp³-hybridized carbons (Fsp3) is 0.471. The van der Waals surface area contributed by atoms with Crippen LogP contribution in [-0.4, -0.2) is 36.2 Å². The molecule has 2 aromatic rings. The summed E-state index contributed by atoms with van der Waals surface area (Å²) in [5.41, 5.74) is 1.19. The van der Waals surface area contributed by atoms with Gasteiger partial charge in [0.05, 0.1) is 0 Å². The van der Waals surface area contributed by atoms with E-state index in [9.17, 15) is 4.79 Å². The van der Waals surface area contributed by atoms with Crippen LogP contribution < -0.4 is 10.2 Å². The van der Waals surface area contributed by atoms with E-state index in [-0.39, 0.29) is 5.91 Å². The molecule has 0 atom stereocenters. The Morgan fingerprint density at radius 3 is 2.67 bits per heavy atom. The van der Waals surface area contributed by atoms with Crippen molar-refractivity contribution in [1.82, 2.24) is 15.5 Å². The molecule has 0 radical (unpaired) electrons. The van der Waals surface area contributed by atoms with Gasteiger partial charge in [0.1, 0.15) is 5.01 Å². The fourth-order valence-corrected chi connectivity index (χ4v) is 3.96. The summed E-state index contributed by atoms with van der Waals surface area (Å²) < 4.78 is 0. The van der Waals surface area contributed by atoms with Crippen LogP contribution in [0.3, 0.4) is 0 Å². The average molecular weight is 365 g/mol. The van der Waals surface area contributed by atoms with Gasteiger partial charge >= 0.3 is 0 Å². The van der Waals surface area contributed by atoms with E-state index >= 15 is 0 Å². The first-order valence-corrected chi connectivity index (χ1v) is 9.36. The summed E-state index contributed by atoms with van der Waals surface area (Å²) in [4.78, 5) is 13.8. The van der Waals surface area contributed by atoms with Crippen molar-refractivity contribution in [2.45, 2.75) is 25.7 Å². The number of anilines is 1. The van der Waals surface area contributed by atoms with Gasteiger partial charge in [0.15, 0.2) is 0 Å². The topological polar surface area (TPSA) is 58.1 Å². The summed E-state index contributed by atoms with van der Waals surface area (Å²) in [7, 11) is 1.70. The lowest BCUT2D eigenvalue weighted by Crippen LogP contribution is -2.35. The number of hydrogen-bond acceptors (Lipinski definition) is 5. The number of benzene rings is 1. The predicted molar refractivity (Wildman–Crippen MR) is 97.8 cm³/mol. The van der Waals surface area contributed by atoms with Gasteiger partial charge in [-0.25, -0.2) is 0 Å². The first kappa shape index (κ1) is 17.2. The Morgan fingerprint density at radius 2 is 2.00 bits per heavy atom. The minimum absolute atomic E-state index is 0.134. The number of amides is 1. The number of aromatic nitrogens is 2. The van der Waals surface area contributed by atoms with Crippen molar-refractivity contribution in [2.75, 3.05) is 25.0 Å². The molecule has 3 rings (SSSR count). The summed E-state index contributed by atoms with van der Waals surface area (Å²) in [6, 6.07) is 7.84. The molecular weight excluding hydrogens is 344 g/mol. The smallest absolute Gasteiger partial charge is 0.220 e. The van der Waals surface area contributed by atoms with E-state index in [0.717, 1.165) is 47.5 Å². The monoisotopic (exact) mass is 364 g/mol. The zero-order valence-corrected chi connectivity index (χ0v) is 15.2. The van der Waals surface area contributed by atoms with Crippen molar-refractivity contribution < 1.29 is 4.79 Å². The van der Waals surface area contributed by atoms with Crippen LogP contribution in [0.2, 0.25) is 5.02 Å². The summed E-state index contributed by atoms with van der Waals surface area (Å²) in [5.74, 6) is 0.609. The van der Waals surface area contributed by atoms with Crippen molar-refractivity contribution in [3.63, 3.8) is 0 Å². The second-order valence-electron chi connectivity index (χ2n) is 6.09. The third-order valence-corrected chi connectivity index (χ3v) is 5.60. The molecule has 7 heteroatoms. The Kier molecular flexibility index (Phi) is 5.68. The van der Waals surface area contributed by atoms with E-state index in [1.165, 1.54) is 5.56 Å². The lowest BCUT2D eigenvalue weighted by atomic mass is 9.93. The predicted octanol–water partition coefficient (Wildman–Crippen LogP) is 3.13. The molecule has 128 valence electrons. The number of hydrogen-bond donors (Lipinski definition) is 1. The molecule has 24 heavy (non-hydrogen) atoms. The van der Waals surface area contributed by atoms with Crippen LogP contribution in [0.5, 0.6) is 0 Å². The fourth-order valence-electron chi connectivity index (χ4n) is 2.91. The van der Waals surface area contributed by atoms with Crippen LogP contribution in [0.25, 0.3) is 0 Å². The molecule has 1 fully saturated rings. The molecule has 1 aliphatic heterocycles. The molecule has 5 nitrogen and oxygen atoms in total. The number of halogens is 1. The van der Waals surface area contributed by atoms with E-state index in [0.29, 0.717) is 12.3 Å². The number of nitrogens with zero attached hydrogens (tertiary/aromatic N) is 3. The molecule has 2 heterocycles. The van der Waals surface area contributed by atoms with Crippen LogP contribution in [0.4, 0.5) is 5.13 Å². The van der Waals surface area contributed by atoms with Crippen molar-refractivity contribution in [3.8, 4) is 0 Å². The molecule has 1 aromatic carbocycles. The molecule has 1 amide bonds. The molecule has 1 saturated heterocycles. The maximum atomic E-state index is 11.5. The Hall–Kier alpha value is -1.66. The van der Waals surface area contributed by atoms with Gasteiger partial charge in [0.25, 0.3) is 0 Å². The number of piperidine rings is 1. The van der Waals surface area contributed by atoms with E-state index in [1.54, 1.807) is 18.4 Å². The number of rotatable bonds is 5. The SMILES string of the molecule is CNC(=O)CC1CCN(c2nnc(Cc3ccc(Cl)cc3)s2)CC1. The molecule has 0 aliphatic carbocycles. The minimum atomic E-state index is 0.134. The van der Waals surface area contributed by atoms with Crippen molar-refractivity contribution in [3.05, 3.63) is 39.9 Å². The Balaban J connectivity index is 1.54. The average Bonchev–Trinajstić information content (AvgIpc) is 3.06. The first-order valence-electron chi connectivity index (χ1n) is 8.16. The highest BCUT2D eigenvalue weighted by Crippen LogP contribution is 2.28. The Morgan fingerprint density at radius 1 is 1.29 bits per heavy atom.